The number of hydrogen-bond acceptors (Lipinski definition) is 8. The third-order valence-electron chi connectivity index (χ3n) is 4.85. The summed E-state index contributed by atoms with van der Waals surface area (Å²) in [6.45, 7) is 1.74. The molecule has 4 heterocycles. The van der Waals surface area contributed by atoms with Crippen molar-refractivity contribution in [3.63, 3.8) is 0 Å². The fraction of sp³-hybridized carbons (Fsp3) is 0.600. The molecule has 0 N–H and O–H groups in total. The molecular formula is C15H19N5O3S. The Bertz CT molecular complexity index is 800. The van der Waals surface area contributed by atoms with Crippen molar-refractivity contribution in [3.05, 3.63) is 24.2 Å². The smallest absolute Gasteiger partial charge is 0.230 e. The summed E-state index contributed by atoms with van der Waals surface area (Å²) in [7, 11) is -2.83. The average Bonchev–Trinajstić information content (AvgIpc) is 3.23. The Labute approximate surface area is 140 Å². The molecule has 2 aliphatic heterocycles. The first-order valence-corrected chi connectivity index (χ1v) is 9.99. The fourth-order valence-electron chi connectivity index (χ4n) is 3.50. The molecule has 2 saturated heterocycles. The van der Waals surface area contributed by atoms with Gasteiger partial charge in [-0.1, -0.05) is 5.16 Å². The zero-order valence-corrected chi connectivity index (χ0v) is 14.0. The fourth-order valence-corrected chi connectivity index (χ4v) is 5.26. The molecule has 8 nitrogen and oxygen atoms in total. The number of likely N-dealkylation sites (tertiary alicyclic amines) is 1. The minimum absolute atomic E-state index is 0.175. The molecule has 0 spiro atoms. The van der Waals surface area contributed by atoms with Crippen molar-refractivity contribution in [2.75, 3.05) is 24.6 Å². The van der Waals surface area contributed by atoms with Gasteiger partial charge in [0.1, 0.15) is 5.69 Å². The van der Waals surface area contributed by atoms with Crippen LogP contribution >= 0.6 is 0 Å². The van der Waals surface area contributed by atoms with Crippen molar-refractivity contribution in [1.29, 1.82) is 0 Å². The van der Waals surface area contributed by atoms with Crippen molar-refractivity contribution in [1.82, 2.24) is 25.2 Å². The van der Waals surface area contributed by atoms with E-state index in [0.717, 1.165) is 32.4 Å². The predicted molar refractivity (Wildman–Crippen MR) is 85.9 cm³/mol. The van der Waals surface area contributed by atoms with Crippen LogP contribution in [0.25, 0.3) is 11.5 Å². The highest BCUT2D eigenvalue weighted by molar-refractivity contribution is 7.91. The summed E-state index contributed by atoms with van der Waals surface area (Å²) in [6, 6.07) is 3.76. The van der Waals surface area contributed by atoms with Crippen LogP contribution in [0.1, 0.15) is 31.1 Å². The summed E-state index contributed by atoms with van der Waals surface area (Å²) in [5.41, 5.74) is 0.598. The van der Waals surface area contributed by atoms with Gasteiger partial charge in [0.15, 0.2) is 9.84 Å². The van der Waals surface area contributed by atoms with Crippen molar-refractivity contribution in [2.24, 2.45) is 0 Å². The predicted octanol–water partition coefficient (Wildman–Crippen LogP) is 0.893. The second kappa shape index (κ2) is 6.21. The lowest BCUT2D eigenvalue weighted by Crippen LogP contribution is -2.41. The maximum atomic E-state index is 11.6. The van der Waals surface area contributed by atoms with Crippen molar-refractivity contribution < 1.29 is 12.9 Å². The van der Waals surface area contributed by atoms with Crippen molar-refractivity contribution in [2.45, 2.75) is 31.2 Å². The highest BCUT2D eigenvalue weighted by Gasteiger charge is 2.35. The Balaban J connectivity index is 1.39. The zero-order valence-electron chi connectivity index (χ0n) is 13.2. The summed E-state index contributed by atoms with van der Waals surface area (Å²) in [6.07, 6.45) is 4.16. The Morgan fingerprint density at radius 2 is 2.04 bits per heavy atom. The first-order valence-electron chi connectivity index (χ1n) is 8.17. The second-order valence-electron chi connectivity index (χ2n) is 6.43. The summed E-state index contributed by atoms with van der Waals surface area (Å²) in [5, 5.41) is 11.8. The molecular weight excluding hydrogens is 330 g/mol. The van der Waals surface area contributed by atoms with Crippen LogP contribution in [0.3, 0.4) is 0 Å². The van der Waals surface area contributed by atoms with Gasteiger partial charge >= 0.3 is 0 Å². The maximum absolute atomic E-state index is 11.6. The molecule has 2 aromatic rings. The first kappa shape index (κ1) is 15.6. The summed E-state index contributed by atoms with van der Waals surface area (Å²) in [5.74, 6) is 1.94. The van der Waals surface area contributed by atoms with E-state index in [2.05, 4.69) is 25.2 Å². The topological polar surface area (TPSA) is 102 Å². The minimum atomic E-state index is -2.83. The van der Waals surface area contributed by atoms with Crippen LogP contribution in [0, 0.1) is 0 Å². The highest BCUT2D eigenvalue weighted by Crippen LogP contribution is 2.30. The number of aromatic nitrogens is 4. The molecule has 0 saturated carbocycles. The molecule has 0 bridgehead atoms. The maximum Gasteiger partial charge on any atom is 0.230 e. The molecule has 0 unspecified atom stereocenters. The second-order valence-corrected chi connectivity index (χ2v) is 8.66. The molecule has 2 aliphatic rings. The van der Waals surface area contributed by atoms with Crippen LogP contribution in [-0.4, -0.2) is 64.3 Å². The summed E-state index contributed by atoms with van der Waals surface area (Å²) < 4.78 is 28.7. The molecule has 0 amide bonds. The van der Waals surface area contributed by atoms with Crippen molar-refractivity contribution in [3.8, 4) is 11.5 Å². The van der Waals surface area contributed by atoms with Gasteiger partial charge in [0.05, 0.1) is 11.5 Å². The van der Waals surface area contributed by atoms with Crippen LogP contribution in [0.4, 0.5) is 0 Å². The molecule has 9 heteroatoms. The molecule has 2 aromatic heterocycles. The van der Waals surface area contributed by atoms with Gasteiger partial charge < -0.3 is 4.52 Å². The van der Waals surface area contributed by atoms with Gasteiger partial charge in [-0.15, -0.1) is 5.10 Å². The van der Waals surface area contributed by atoms with E-state index < -0.39 is 9.84 Å². The summed E-state index contributed by atoms with van der Waals surface area (Å²) in [4.78, 5) is 6.75. The zero-order chi connectivity index (χ0) is 16.6. The van der Waals surface area contributed by atoms with E-state index in [0.29, 0.717) is 28.9 Å². The highest BCUT2D eigenvalue weighted by atomic mass is 32.2. The lowest BCUT2D eigenvalue weighted by atomic mass is 9.95. The monoisotopic (exact) mass is 349 g/mol. The van der Waals surface area contributed by atoms with Gasteiger partial charge in [0, 0.05) is 18.2 Å². The lowest BCUT2D eigenvalue weighted by Gasteiger charge is -2.34. The van der Waals surface area contributed by atoms with E-state index in [9.17, 15) is 8.42 Å². The Morgan fingerprint density at radius 3 is 2.71 bits per heavy atom. The van der Waals surface area contributed by atoms with Gasteiger partial charge in [0.2, 0.25) is 11.7 Å². The van der Waals surface area contributed by atoms with Crippen LogP contribution in [0.2, 0.25) is 0 Å². The van der Waals surface area contributed by atoms with Crippen LogP contribution in [-0.2, 0) is 9.84 Å². The third-order valence-corrected chi connectivity index (χ3v) is 6.60. The number of piperidine rings is 1. The van der Waals surface area contributed by atoms with Gasteiger partial charge in [-0.05, 0) is 44.5 Å². The molecule has 0 aliphatic carbocycles. The van der Waals surface area contributed by atoms with Gasteiger partial charge in [-0.25, -0.2) is 8.42 Å². The third kappa shape index (κ3) is 3.18. The molecule has 24 heavy (non-hydrogen) atoms. The molecule has 0 radical (unpaired) electrons. The molecule has 128 valence electrons. The van der Waals surface area contributed by atoms with Crippen LogP contribution in [0.5, 0.6) is 0 Å². The molecule has 4 rings (SSSR count). The van der Waals surface area contributed by atoms with E-state index in [1.165, 1.54) is 0 Å². The summed E-state index contributed by atoms with van der Waals surface area (Å²) >= 11 is 0. The van der Waals surface area contributed by atoms with Gasteiger partial charge in [-0.3, -0.25) is 4.90 Å². The Morgan fingerprint density at radius 1 is 1.21 bits per heavy atom. The lowest BCUT2D eigenvalue weighted by molar-refractivity contribution is 0.153. The SMILES string of the molecule is O=S1(=O)CC[C@@H](N2CCC(c3nc(-c4cccnn4)no3)CC2)C1. The van der Waals surface area contributed by atoms with Gasteiger partial charge in [-0.2, -0.15) is 10.1 Å². The number of rotatable bonds is 3. The van der Waals surface area contributed by atoms with E-state index in [1.807, 2.05) is 0 Å². The van der Waals surface area contributed by atoms with E-state index in [1.54, 1.807) is 18.3 Å². The number of hydrogen-bond donors (Lipinski definition) is 0. The molecule has 2 fully saturated rings. The van der Waals surface area contributed by atoms with E-state index >= 15 is 0 Å². The normalized spacial score (nSPS) is 25.1. The van der Waals surface area contributed by atoms with Crippen LogP contribution in [0.15, 0.2) is 22.9 Å². The minimum Gasteiger partial charge on any atom is -0.339 e. The van der Waals surface area contributed by atoms with Gasteiger partial charge in [0.25, 0.3) is 0 Å². The van der Waals surface area contributed by atoms with E-state index in [4.69, 9.17) is 4.52 Å². The standard InChI is InChI=1S/C15H19N5O3S/c21-24(22)9-5-12(10-24)20-7-3-11(4-8-20)15-17-14(19-23-15)13-2-1-6-16-18-13/h1-2,6,11-12H,3-5,7-10H2/t12-/m1/s1. The van der Waals surface area contributed by atoms with E-state index in [-0.39, 0.29) is 12.0 Å². The van der Waals surface area contributed by atoms with Crippen LogP contribution < -0.4 is 0 Å². The quantitative estimate of drug-likeness (QED) is 0.805. The first-order chi connectivity index (χ1) is 11.6. The Kier molecular flexibility index (Phi) is 4.05. The number of nitrogens with zero attached hydrogens (tertiary/aromatic N) is 5. The average molecular weight is 349 g/mol. The Hall–Kier alpha value is -1.87. The number of sulfone groups is 1. The molecule has 1 atom stereocenters. The molecule has 0 aromatic carbocycles. The largest absolute Gasteiger partial charge is 0.339 e. The van der Waals surface area contributed by atoms with Crippen molar-refractivity contribution >= 4 is 9.84 Å².